The van der Waals surface area contributed by atoms with Gasteiger partial charge in [-0.05, 0) is 6.92 Å². The second-order valence-electron chi connectivity index (χ2n) is 2.59. The first-order valence-corrected chi connectivity index (χ1v) is 5.56. The summed E-state index contributed by atoms with van der Waals surface area (Å²) < 4.78 is 0.406. The van der Waals surface area contributed by atoms with Crippen LogP contribution in [0.25, 0.3) is 0 Å². The number of hydrogen-bond donors (Lipinski definition) is 0. The van der Waals surface area contributed by atoms with Crippen molar-refractivity contribution >= 4 is 35.0 Å². The summed E-state index contributed by atoms with van der Waals surface area (Å²) in [5, 5.41) is 27.7. The zero-order valence-corrected chi connectivity index (χ0v) is 15.3. The van der Waals surface area contributed by atoms with Gasteiger partial charge in [0.25, 0.3) is 0 Å². The van der Waals surface area contributed by atoms with Gasteiger partial charge in [-0.3, -0.25) is 0 Å². The van der Waals surface area contributed by atoms with Crippen molar-refractivity contribution in [2.45, 2.75) is 22.9 Å². The second-order valence-corrected chi connectivity index (χ2v) is 5.22. The predicted molar refractivity (Wildman–Crippen MR) is 48.9 cm³/mol. The molecule has 0 aliphatic heterocycles. The Morgan fingerprint density at radius 1 is 1.35 bits per heavy atom. The van der Waals surface area contributed by atoms with E-state index in [1.54, 1.807) is 6.92 Å². The van der Waals surface area contributed by atoms with Crippen molar-refractivity contribution in [2.75, 3.05) is 0 Å². The molecule has 0 aromatic carbocycles. The van der Waals surface area contributed by atoms with Gasteiger partial charge in [-0.1, -0.05) is 23.1 Å². The fourth-order valence-corrected chi connectivity index (χ4v) is 2.74. The molecule has 1 unspecified atom stereocenters. The van der Waals surface area contributed by atoms with Crippen LogP contribution in [0.15, 0.2) is 4.34 Å². The average Bonchev–Trinajstić information content (AvgIpc) is 2.49. The molecule has 0 radical (unpaired) electrons. The molecule has 0 bridgehead atoms. The number of aromatic nitrogens is 2. The normalized spacial score (nSPS) is 10.9. The summed E-state index contributed by atoms with van der Waals surface area (Å²) in [4.78, 5) is 20.8. The van der Waals surface area contributed by atoms with E-state index in [0.29, 0.717) is 9.35 Å². The van der Waals surface area contributed by atoms with Gasteiger partial charge in [0.05, 0.1) is 11.2 Å². The topological polar surface area (TPSA) is 106 Å². The first-order valence-electron chi connectivity index (χ1n) is 3.86. The maximum atomic E-state index is 10.6. The van der Waals surface area contributed by atoms with Crippen LogP contribution in [-0.4, -0.2) is 27.4 Å². The average molecular weight is 292 g/mol. The van der Waals surface area contributed by atoms with Crippen molar-refractivity contribution in [1.82, 2.24) is 10.2 Å². The molecule has 0 aliphatic carbocycles. The largest absolute Gasteiger partial charge is 1.00 e. The van der Waals surface area contributed by atoms with E-state index in [1.807, 2.05) is 0 Å². The molecule has 1 rings (SSSR count). The first kappa shape index (κ1) is 20.2. The van der Waals surface area contributed by atoms with Crippen molar-refractivity contribution in [3.05, 3.63) is 5.01 Å². The molecule has 0 saturated carbocycles. The summed E-state index contributed by atoms with van der Waals surface area (Å²) >= 11 is 2.00. The van der Waals surface area contributed by atoms with Gasteiger partial charge in [0.2, 0.25) is 0 Å². The Bertz CT molecular complexity index is 388. The number of nitrogens with zero attached hydrogens (tertiary/aromatic N) is 2. The van der Waals surface area contributed by atoms with E-state index in [0.717, 1.165) is 11.8 Å². The fourth-order valence-electron chi connectivity index (χ4n) is 0.772. The molecule has 6 nitrogen and oxygen atoms in total. The maximum Gasteiger partial charge on any atom is 1.00 e. The molecule has 1 atom stereocenters. The minimum absolute atomic E-state index is 0. The quantitative estimate of drug-likeness (QED) is 0.392. The van der Waals surface area contributed by atoms with Gasteiger partial charge in [0.1, 0.15) is 5.01 Å². The predicted octanol–water partition coefficient (Wildman–Crippen LogP) is -7.79. The third-order valence-electron chi connectivity index (χ3n) is 1.37. The Hall–Kier alpha value is 0.850. The monoisotopic (exact) mass is 292 g/mol. The summed E-state index contributed by atoms with van der Waals surface area (Å²) in [5.74, 6) is -2.88. The molecule has 0 amide bonds. The van der Waals surface area contributed by atoms with Crippen LogP contribution < -0.4 is 69.3 Å². The second kappa shape index (κ2) is 9.74. The number of rotatable bonds is 5. The summed E-state index contributed by atoms with van der Waals surface area (Å²) in [6, 6.07) is 0. The standard InChI is InChI=1S/C7H8N2O4S2.2Na/c1-3-8-9-7(14-3)15-4(6(12)13)2-5(10)11;;/h4H,2H2,1H3,(H,10,11)(H,12,13);;/q;2*+1/p-2. The zero-order chi connectivity index (χ0) is 11.4. The van der Waals surface area contributed by atoms with E-state index in [2.05, 4.69) is 10.2 Å². The molecular weight excluding hydrogens is 286 g/mol. The van der Waals surface area contributed by atoms with Crippen LogP contribution in [0.3, 0.4) is 0 Å². The smallest absolute Gasteiger partial charge is 0.550 e. The number of carboxylic acid groups (broad SMARTS) is 2. The molecule has 10 heteroatoms. The summed E-state index contributed by atoms with van der Waals surface area (Å²) in [7, 11) is 0. The molecule has 82 valence electrons. The van der Waals surface area contributed by atoms with Crippen LogP contribution in [-0.2, 0) is 9.59 Å². The van der Waals surface area contributed by atoms with Crippen LogP contribution in [0.4, 0.5) is 0 Å². The zero-order valence-electron chi connectivity index (χ0n) is 9.63. The van der Waals surface area contributed by atoms with Crippen LogP contribution in [0.1, 0.15) is 11.4 Å². The summed E-state index contributed by atoms with van der Waals surface area (Å²) in [6.07, 6.45) is -0.606. The van der Waals surface area contributed by atoms with Gasteiger partial charge >= 0.3 is 59.1 Å². The van der Waals surface area contributed by atoms with Gasteiger partial charge in [-0.25, -0.2) is 0 Å². The van der Waals surface area contributed by atoms with Gasteiger partial charge in [0, 0.05) is 12.4 Å². The molecule has 1 aromatic rings. The number of aliphatic carboxylic acids is 2. The molecular formula is C7H6N2Na2O4S2. The van der Waals surface area contributed by atoms with Crippen molar-refractivity contribution in [3.8, 4) is 0 Å². The van der Waals surface area contributed by atoms with Gasteiger partial charge < -0.3 is 19.8 Å². The number of carbonyl (C=O) groups excluding carboxylic acids is 2. The van der Waals surface area contributed by atoms with Crippen molar-refractivity contribution < 1.29 is 78.9 Å². The Labute approximate surface area is 150 Å². The Morgan fingerprint density at radius 3 is 2.29 bits per heavy atom. The number of carboxylic acids is 2. The van der Waals surface area contributed by atoms with Crippen molar-refractivity contribution in [3.63, 3.8) is 0 Å². The Balaban J connectivity index is 0. The van der Waals surface area contributed by atoms with Crippen molar-refractivity contribution in [2.24, 2.45) is 0 Å². The van der Waals surface area contributed by atoms with E-state index in [4.69, 9.17) is 0 Å². The molecule has 0 spiro atoms. The molecule has 0 fully saturated rings. The third kappa shape index (κ3) is 7.78. The third-order valence-corrected chi connectivity index (χ3v) is 3.46. The van der Waals surface area contributed by atoms with E-state index < -0.39 is 23.6 Å². The van der Waals surface area contributed by atoms with Gasteiger partial charge in [0.15, 0.2) is 4.34 Å². The first-order chi connectivity index (χ1) is 6.99. The molecule has 0 saturated heterocycles. The van der Waals surface area contributed by atoms with E-state index in [1.165, 1.54) is 11.3 Å². The van der Waals surface area contributed by atoms with Crippen LogP contribution in [0.2, 0.25) is 0 Å². The molecule has 1 aromatic heterocycles. The number of thioether (sulfide) groups is 1. The number of hydrogen-bond acceptors (Lipinski definition) is 8. The van der Waals surface area contributed by atoms with Crippen LogP contribution >= 0.6 is 23.1 Å². The number of carbonyl (C=O) groups is 2. The number of aryl methyl sites for hydroxylation is 1. The Kier molecular flexibility index (Phi) is 11.6. The van der Waals surface area contributed by atoms with Gasteiger partial charge in [-0.2, -0.15) is 0 Å². The van der Waals surface area contributed by atoms with Gasteiger partial charge in [-0.15, -0.1) is 10.2 Å². The van der Waals surface area contributed by atoms with Crippen molar-refractivity contribution in [1.29, 1.82) is 0 Å². The minimum Gasteiger partial charge on any atom is -0.550 e. The Morgan fingerprint density at radius 2 is 1.94 bits per heavy atom. The SMILES string of the molecule is Cc1nnc(SC(CC(=O)[O-])C(=O)[O-])s1.[Na+].[Na+]. The van der Waals surface area contributed by atoms with E-state index in [9.17, 15) is 19.8 Å². The van der Waals surface area contributed by atoms with Crippen LogP contribution in [0.5, 0.6) is 0 Å². The van der Waals surface area contributed by atoms with Crippen LogP contribution in [0, 0.1) is 6.92 Å². The summed E-state index contributed by atoms with van der Waals surface area (Å²) in [6.45, 7) is 1.72. The van der Waals surface area contributed by atoms with E-state index >= 15 is 0 Å². The molecule has 17 heavy (non-hydrogen) atoms. The maximum absolute atomic E-state index is 10.6. The molecule has 1 heterocycles. The summed E-state index contributed by atoms with van der Waals surface area (Å²) in [5.41, 5.74) is 0. The molecule has 0 N–H and O–H groups in total. The fraction of sp³-hybridized carbons (Fsp3) is 0.429. The molecule has 0 aliphatic rings. The minimum atomic E-state index is -1.45. The van der Waals surface area contributed by atoms with E-state index in [-0.39, 0.29) is 59.1 Å².